The first kappa shape index (κ1) is 10.0. The molecule has 5 rings (SSSR count). The largest absolute Gasteiger partial charge is 0.224 e. The van der Waals surface area contributed by atoms with E-state index < -0.39 is 0 Å². The molecule has 1 aromatic rings. The van der Waals surface area contributed by atoms with Gasteiger partial charge in [-0.15, -0.1) is 5.10 Å². The van der Waals surface area contributed by atoms with Gasteiger partial charge in [-0.3, -0.25) is 0 Å². The molecule has 0 aromatic carbocycles. The molecular formula is C13H20N4. The molecule has 1 aromatic heterocycles. The minimum atomic E-state index is 0.295. The van der Waals surface area contributed by atoms with Crippen LogP contribution in [0.3, 0.4) is 0 Å². The number of nitrogens with zero attached hydrogens (tertiary/aromatic N) is 4. The standard InChI is InChI=1S/C13H20N4/c1-2-12-14-15-16-17(12)13-6-9-3-10(7-13)5-11(4-9)8-13/h9-11H,2-8H2,1H3. The molecule has 0 saturated heterocycles. The third-order valence-corrected chi connectivity index (χ3v) is 5.31. The maximum absolute atomic E-state index is 4.33. The first-order chi connectivity index (χ1) is 8.29. The highest BCUT2D eigenvalue weighted by molar-refractivity contribution is 5.06. The Hall–Kier alpha value is -0.930. The smallest absolute Gasteiger partial charge is 0.151 e. The van der Waals surface area contributed by atoms with Crippen molar-refractivity contribution in [3.05, 3.63) is 5.82 Å². The molecular weight excluding hydrogens is 212 g/mol. The monoisotopic (exact) mass is 232 g/mol. The van der Waals surface area contributed by atoms with Gasteiger partial charge in [0, 0.05) is 6.42 Å². The summed E-state index contributed by atoms with van der Waals surface area (Å²) in [6.07, 6.45) is 9.37. The lowest BCUT2D eigenvalue weighted by Crippen LogP contribution is -2.52. The summed E-state index contributed by atoms with van der Waals surface area (Å²) in [5, 5.41) is 12.4. The molecule has 4 aliphatic carbocycles. The summed E-state index contributed by atoms with van der Waals surface area (Å²) in [5.41, 5.74) is 0.295. The number of rotatable bonds is 2. The van der Waals surface area contributed by atoms with Crippen LogP contribution < -0.4 is 0 Å². The van der Waals surface area contributed by atoms with Gasteiger partial charge in [-0.1, -0.05) is 6.92 Å². The van der Waals surface area contributed by atoms with Crippen molar-refractivity contribution in [2.45, 2.75) is 57.4 Å². The molecule has 0 amide bonds. The Morgan fingerprint density at radius 1 is 1.12 bits per heavy atom. The van der Waals surface area contributed by atoms with Crippen LogP contribution in [0.4, 0.5) is 0 Å². The van der Waals surface area contributed by atoms with E-state index in [-0.39, 0.29) is 0 Å². The highest BCUT2D eigenvalue weighted by atomic mass is 15.6. The molecule has 4 aliphatic rings. The van der Waals surface area contributed by atoms with Crippen molar-refractivity contribution >= 4 is 0 Å². The van der Waals surface area contributed by atoms with Gasteiger partial charge < -0.3 is 0 Å². The van der Waals surface area contributed by atoms with E-state index in [2.05, 4.69) is 27.1 Å². The Labute approximate surface area is 102 Å². The van der Waals surface area contributed by atoms with E-state index in [1.54, 1.807) is 0 Å². The van der Waals surface area contributed by atoms with Crippen molar-refractivity contribution in [3.63, 3.8) is 0 Å². The average Bonchev–Trinajstić information content (AvgIpc) is 2.75. The lowest BCUT2D eigenvalue weighted by Gasteiger charge is -2.56. The average molecular weight is 232 g/mol. The van der Waals surface area contributed by atoms with Gasteiger partial charge in [0.25, 0.3) is 0 Å². The third kappa shape index (κ3) is 1.33. The Morgan fingerprint density at radius 3 is 2.24 bits per heavy atom. The summed E-state index contributed by atoms with van der Waals surface area (Å²) in [6.45, 7) is 2.16. The van der Waals surface area contributed by atoms with Gasteiger partial charge in [-0.2, -0.15) is 0 Å². The SMILES string of the molecule is CCc1nnnn1C12CC3CC(CC(C3)C1)C2. The molecule has 0 atom stereocenters. The van der Waals surface area contributed by atoms with Gasteiger partial charge in [-0.05, 0) is 66.7 Å². The number of hydrogen-bond acceptors (Lipinski definition) is 3. The molecule has 0 N–H and O–H groups in total. The van der Waals surface area contributed by atoms with E-state index in [0.29, 0.717) is 5.54 Å². The lowest BCUT2D eigenvalue weighted by molar-refractivity contribution is -0.0516. The number of aryl methyl sites for hydroxylation is 1. The highest BCUT2D eigenvalue weighted by Crippen LogP contribution is 2.58. The zero-order chi connectivity index (χ0) is 11.5. The molecule has 4 bridgehead atoms. The summed E-state index contributed by atoms with van der Waals surface area (Å²) >= 11 is 0. The third-order valence-electron chi connectivity index (χ3n) is 5.31. The van der Waals surface area contributed by atoms with E-state index >= 15 is 0 Å². The highest BCUT2D eigenvalue weighted by Gasteiger charge is 2.53. The van der Waals surface area contributed by atoms with Gasteiger partial charge in [0.15, 0.2) is 5.82 Å². The van der Waals surface area contributed by atoms with E-state index in [4.69, 9.17) is 0 Å². The Balaban J connectivity index is 1.77. The fraction of sp³-hybridized carbons (Fsp3) is 0.923. The number of tetrazole rings is 1. The van der Waals surface area contributed by atoms with Gasteiger partial charge >= 0.3 is 0 Å². The quantitative estimate of drug-likeness (QED) is 0.785. The molecule has 0 spiro atoms. The van der Waals surface area contributed by atoms with Crippen LogP contribution in [0.25, 0.3) is 0 Å². The number of aromatic nitrogens is 4. The maximum atomic E-state index is 4.33. The minimum Gasteiger partial charge on any atom is -0.224 e. The van der Waals surface area contributed by atoms with Crippen LogP contribution in [0, 0.1) is 17.8 Å². The predicted molar refractivity (Wildman–Crippen MR) is 63.3 cm³/mol. The zero-order valence-electron chi connectivity index (χ0n) is 10.5. The Bertz CT molecular complexity index is 401. The first-order valence-electron chi connectivity index (χ1n) is 7.07. The van der Waals surface area contributed by atoms with E-state index in [1.165, 1.54) is 38.5 Å². The fourth-order valence-corrected chi connectivity index (χ4v) is 5.12. The topological polar surface area (TPSA) is 43.6 Å². The van der Waals surface area contributed by atoms with Crippen LogP contribution in [0.15, 0.2) is 0 Å². The second-order valence-corrected chi connectivity index (χ2v) is 6.50. The van der Waals surface area contributed by atoms with Crippen LogP contribution in [0.2, 0.25) is 0 Å². The predicted octanol–water partition coefficient (Wildman–Crippen LogP) is 2.16. The molecule has 4 fully saturated rings. The summed E-state index contributed by atoms with van der Waals surface area (Å²) in [4.78, 5) is 0. The Kier molecular flexibility index (Phi) is 1.95. The lowest BCUT2D eigenvalue weighted by atomic mass is 9.53. The van der Waals surface area contributed by atoms with Crippen molar-refractivity contribution in [1.82, 2.24) is 20.2 Å². The van der Waals surface area contributed by atoms with E-state index in [1.807, 2.05) is 0 Å². The summed E-state index contributed by atoms with van der Waals surface area (Å²) in [7, 11) is 0. The number of hydrogen-bond donors (Lipinski definition) is 0. The second kappa shape index (κ2) is 3.30. The van der Waals surface area contributed by atoms with E-state index in [9.17, 15) is 0 Å². The molecule has 0 radical (unpaired) electrons. The first-order valence-corrected chi connectivity index (χ1v) is 7.07. The molecule has 92 valence electrons. The normalized spacial score (nSPS) is 43.2. The van der Waals surface area contributed by atoms with Crippen molar-refractivity contribution in [3.8, 4) is 0 Å². The Morgan fingerprint density at radius 2 is 1.71 bits per heavy atom. The van der Waals surface area contributed by atoms with Gasteiger partial charge in [0.1, 0.15) is 0 Å². The van der Waals surface area contributed by atoms with Crippen molar-refractivity contribution in [1.29, 1.82) is 0 Å². The van der Waals surface area contributed by atoms with Crippen molar-refractivity contribution in [2.24, 2.45) is 17.8 Å². The molecule has 4 nitrogen and oxygen atoms in total. The molecule has 0 aliphatic heterocycles. The minimum absolute atomic E-state index is 0.295. The van der Waals surface area contributed by atoms with Gasteiger partial charge in [0.2, 0.25) is 0 Å². The summed E-state index contributed by atoms with van der Waals surface area (Å²) in [6, 6.07) is 0. The summed E-state index contributed by atoms with van der Waals surface area (Å²) < 4.78 is 2.21. The van der Waals surface area contributed by atoms with Crippen molar-refractivity contribution in [2.75, 3.05) is 0 Å². The molecule has 17 heavy (non-hydrogen) atoms. The second-order valence-electron chi connectivity index (χ2n) is 6.50. The fourth-order valence-electron chi connectivity index (χ4n) is 5.12. The summed E-state index contributed by atoms with van der Waals surface area (Å²) in [5.74, 6) is 3.95. The van der Waals surface area contributed by atoms with Crippen LogP contribution in [-0.4, -0.2) is 20.2 Å². The van der Waals surface area contributed by atoms with Crippen LogP contribution in [0.5, 0.6) is 0 Å². The van der Waals surface area contributed by atoms with Crippen LogP contribution in [-0.2, 0) is 12.0 Å². The zero-order valence-corrected chi connectivity index (χ0v) is 10.5. The molecule has 1 heterocycles. The molecule has 4 saturated carbocycles. The van der Waals surface area contributed by atoms with E-state index in [0.717, 1.165) is 30.0 Å². The molecule has 0 unspecified atom stereocenters. The van der Waals surface area contributed by atoms with Gasteiger partial charge in [0.05, 0.1) is 5.54 Å². The maximum Gasteiger partial charge on any atom is 0.151 e. The molecule has 4 heteroatoms. The van der Waals surface area contributed by atoms with Crippen molar-refractivity contribution < 1.29 is 0 Å². The van der Waals surface area contributed by atoms with Crippen LogP contribution >= 0.6 is 0 Å². The van der Waals surface area contributed by atoms with Crippen LogP contribution in [0.1, 0.15) is 51.3 Å². The van der Waals surface area contributed by atoms with Gasteiger partial charge in [-0.25, -0.2) is 4.68 Å².